The Bertz CT molecular complexity index is 392. The summed E-state index contributed by atoms with van der Waals surface area (Å²) in [6.07, 6.45) is 1.87. The molecule has 0 aliphatic carbocycles. The maximum Gasteiger partial charge on any atom is 0.102 e. The fraction of sp³-hybridized carbons (Fsp3) is 0.125. The number of hydrogen-bond acceptors (Lipinski definition) is 1. The lowest BCUT2D eigenvalue weighted by Gasteiger charge is -1.88. The Hall–Kier alpha value is -0.580. The highest BCUT2D eigenvalue weighted by Gasteiger charge is 1.97. The van der Waals surface area contributed by atoms with Crippen molar-refractivity contribution < 1.29 is 0 Å². The third-order valence-corrected chi connectivity index (χ3v) is 2.20. The fourth-order valence-corrected chi connectivity index (χ4v) is 1.62. The first-order valence-electron chi connectivity index (χ1n) is 3.36. The summed E-state index contributed by atoms with van der Waals surface area (Å²) >= 11 is 2.21. The Kier molecular flexibility index (Phi) is 1.60. The van der Waals surface area contributed by atoms with Crippen LogP contribution >= 0.6 is 22.6 Å². The molecule has 0 atom stereocenters. The zero-order chi connectivity index (χ0) is 7.84. The van der Waals surface area contributed by atoms with E-state index < -0.39 is 0 Å². The number of nitrogens with one attached hydrogen (secondary N) is 1. The minimum Gasteiger partial charge on any atom is -0.357 e. The molecule has 0 saturated carbocycles. The van der Waals surface area contributed by atoms with Gasteiger partial charge in [0.25, 0.3) is 0 Å². The van der Waals surface area contributed by atoms with Crippen LogP contribution < -0.4 is 0 Å². The highest BCUT2D eigenvalue weighted by molar-refractivity contribution is 14.1. The third-order valence-electron chi connectivity index (χ3n) is 1.61. The van der Waals surface area contributed by atoms with Gasteiger partial charge >= 0.3 is 0 Å². The lowest BCUT2D eigenvalue weighted by atomic mass is 10.3. The first-order chi connectivity index (χ1) is 5.25. The second-order valence-corrected chi connectivity index (χ2v) is 3.65. The Morgan fingerprint density at radius 3 is 3.09 bits per heavy atom. The number of nitrogens with zero attached hydrogens (tertiary/aromatic N) is 1. The number of H-pyrrole nitrogens is 1. The van der Waals surface area contributed by atoms with E-state index in [1.165, 1.54) is 11.1 Å². The second-order valence-electron chi connectivity index (χ2n) is 2.55. The molecule has 0 radical (unpaired) electrons. The normalized spacial score (nSPS) is 10.7. The molecule has 56 valence electrons. The Morgan fingerprint density at radius 1 is 1.45 bits per heavy atom. The maximum atomic E-state index is 4.18. The van der Waals surface area contributed by atoms with E-state index in [1.807, 2.05) is 13.1 Å². The van der Waals surface area contributed by atoms with Crippen LogP contribution in [0.15, 0.2) is 18.3 Å². The summed E-state index contributed by atoms with van der Waals surface area (Å²) in [6.45, 7) is 2.05. The molecule has 3 heteroatoms. The zero-order valence-corrected chi connectivity index (χ0v) is 8.21. The minimum absolute atomic E-state index is 1.04. The lowest BCUT2D eigenvalue weighted by molar-refractivity contribution is 1.26. The SMILES string of the molecule is Cc1cc2cc(I)ncc2[nH]1. The average molecular weight is 258 g/mol. The quantitative estimate of drug-likeness (QED) is 0.570. The smallest absolute Gasteiger partial charge is 0.102 e. The first-order valence-corrected chi connectivity index (χ1v) is 4.44. The largest absolute Gasteiger partial charge is 0.357 e. The molecule has 2 aromatic rings. The molecule has 0 aromatic carbocycles. The van der Waals surface area contributed by atoms with Gasteiger partial charge in [-0.25, -0.2) is 4.98 Å². The van der Waals surface area contributed by atoms with E-state index in [4.69, 9.17) is 0 Å². The second kappa shape index (κ2) is 2.48. The molecular formula is C8H7IN2. The van der Waals surface area contributed by atoms with Gasteiger partial charge in [0.1, 0.15) is 3.70 Å². The summed E-state index contributed by atoms with van der Waals surface area (Å²) in [5.74, 6) is 0. The van der Waals surface area contributed by atoms with Crippen molar-refractivity contribution in [2.24, 2.45) is 0 Å². The molecule has 0 amide bonds. The van der Waals surface area contributed by atoms with Crippen LogP contribution in [0.3, 0.4) is 0 Å². The third kappa shape index (κ3) is 1.24. The van der Waals surface area contributed by atoms with Gasteiger partial charge in [-0.15, -0.1) is 0 Å². The number of fused-ring (bicyclic) bond motifs is 1. The Morgan fingerprint density at radius 2 is 2.27 bits per heavy atom. The predicted octanol–water partition coefficient (Wildman–Crippen LogP) is 2.48. The van der Waals surface area contributed by atoms with E-state index >= 15 is 0 Å². The molecule has 2 nitrogen and oxygen atoms in total. The summed E-state index contributed by atoms with van der Waals surface area (Å²) in [5.41, 5.74) is 2.30. The van der Waals surface area contributed by atoms with Crippen LogP contribution in [0.5, 0.6) is 0 Å². The van der Waals surface area contributed by atoms with Gasteiger partial charge < -0.3 is 4.98 Å². The molecule has 2 heterocycles. The van der Waals surface area contributed by atoms with Crippen molar-refractivity contribution in [3.8, 4) is 0 Å². The van der Waals surface area contributed by atoms with Gasteiger partial charge in [-0.05, 0) is 41.6 Å². The van der Waals surface area contributed by atoms with E-state index in [1.54, 1.807) is 0 Å². The van der Waals surface area contributed by atoms with Gasteiger partial charge in [-0.3, -0.25) is 0 Å². The van der Waals surface area contributed by atoms with E-state index in [0.29, 0.717) is 0 Å². The molecule has 2 rings (SSSR count). The summed E-state index contributed by atoms with van der Waals surface area (Å²) in [5, 5.41) is 1.24. The number of pyridine rings is 1. The number of aryl methyl sites for hydroxylation is 1. The van der Waals surface area contributed by atoms with Crippen LogP contribution in [-0.2, 0) is 0 Å². The topological polar surface area (TPSA) is 28.7 Å². The molecule has 0 fully saturated rings. The fourth-order valence-electron chi connectivity index (χ4n) is 1.15. The van der Waals surface area contributed by atoms with E-state index in [0.717, 1.165) is 9.22 Å². The highest BCUT2D eigenvalue weighted by Crippen LogP contribution is 2.15. The first kappa shape index (κ1) is 7.09. The van der Waals surface area contributed by atoms with Gasteiger partial charge in [0.2, 0.25) is 0 Å². The van der Waals surface area contributed by atoms with Crippen molar-refractivity contribution >= 4 is 33.5 Å². The minimum atomic E-state index is 1.04. The van der Waals surface area contributed by atoms with Crippen LogP contribution in [0.4, 0.5) is 0 Å². The Labute approximate surface area is 78.2 Å². The molecule has 1 N–H and O–H groups in total. The number of rotatable bonds is 0. The van der Waals surface area contributed by atoms with Gasteiger partial charge in [-0.1, -0.05) is 0 Å². The average Bonchev–Trinajstić information content (AvgIpc) is 2.27. The van der Waals surface area contributed by atoms with Gasteiger partial charge in [0, 0.05) is 11.1 Å². The molecule has 11 heavy (non-hydrogen) atoms. The van der Waals surface area contributed by atoms with Crippen molar-refractivity contribution in [1.82, 2.24) is 9.97 Å². The summed E-state index contributed by atoms with van der Waals surface area (Å²) in [7, 11) is 0. The summed E-state index contributed by atoms with van der Waals surface area (Å²) in [4.78, 5) is 7.40. The van der Waals surface area contributed by atoms with Gasteiger partial charge in [0.05, 0.1) is 11.7 Å². The molecule has 0 saturated heterocycles. The molecule has 2 aromatic heterocycles. The van der Waals surface area contributed by atoms with Gasteiger partial charge in [0.15, 0.2) is 0 Å². The van der Waals surface area contributed by atoms with E-state index in [9.17, 15) is 0 Å². The molecular weight excluding hydrogens is 251 g/mol. The highest BCUT2D eigenvalue weighted by atomic mass is 127. The predicted molar refractivity (Wildman–Crippen MR) is 53.5 cm³/mol. The molecule has 0 aliphatic heterocycles. The van der Waals surface area contributed by atoms with E-state index in [-0.39, 0.29) is 0 Å². The van der Waals surface area contributed by atoms with Crippen LogP contribution in [0.1, 0.15) is 5.69 Å². The van der Waals surface area contributed by atoms with Crippen LogP contribution in [0.2, 0.25) is 0 Å². The number of aromatic nitrogens is 2. The van der Waals surface area contributed by atoms with Crippen molar-refractivity contribution in [3.05, 3.63) is 27.7 Å². The maximum absolute atomic E-state index is 4.18. The number of halogens is 1. The molecule has 0 spiro atoms. The Balaban J connectivity index is 2.82. The van der Waals surface area contributed by atoms with Crippen LogP contribution in [0, 0.1) is 10.6 Å². The van der Waals surface area contributed by atoms with Crippen molar-refractivity contribution in [2.75, 3.05) is 0 Å². The molecule has 0 bridgehead atoms. The molecule has 0 unspecified atom stereocenters. The summed E-state index contributed by atoms with van der Waals surface area (Å²) < 4.78 is 1.04. The number of hydrogen-bond donors (Lipinski definition) is 1. The van der Waals surface area contributed by atoms with Crippen molar-refractivity contribution in [2.45, 2.75) is 6.92 Å². The van der Waals surface area contributed by atoms with Crippen LogP contribution in [0.25, 0.3) is 10.9 Å². The lowest BCUT2D eigenvalue weighted by Crippen LogP contribution is -1.77. The van der Waals surface area contributed by atoms with Crippen LogP contribution in [-0.4, -0.2) is 9.97 Å². The van der Waals surface area contributed by atoms with Crippen molar-refractivity contribution in [3.63, 3.8) is 0 Å². The number of aromatic amines is 1. The standard InChI is InChI=1S/C8H7IN2/c1-5-2-6-3-8(9)10-4-7(6)11-5/h2-4,11H,1H3. The molecule has 0 aliphatic rings. The van der Waals surface area contributed by atoms with Crippen molar-refractivity contribution in [1.29, 1.82) is 0 Å². The van der Waals surface area contributed by atoms with Gasteiger partial charge in [-0.2, -0.15) is 0 Å². The van der Waals surface area contributed by atoms with E-state index in [2.05, 4.69) is 44.7 Å². The zero-order valence-electron chi connectivity index (χ0n) is 6.06. The summed E-state index contributed by atoms with van der Waals surface area (Å²) in [6, 6.07) is 4.19. The monoisotopic (exact) mass is 258 g/mol.